The van der Waals surface area contributed by atoms with E-state index in [1.165, 1.54) is 3.57 Å². The van der Waals surface area contributed by atoms with Crippen LogP contribution in [-0.2, 0) is 0 Å². The summed E-state index contributed by atoms with van der Waals surface area (Å²) in [4.78, 5) is 12.0. The largest absolute Gasteiger partial charge is 0.337 e. The molecule has 0 amide bonds. The number of nitrogens with one attached hydrogen (secondary N) is 1. The van der Waals surface area contributed by atoms with Crippen molar-refractivity contribution in [3.05, 3.63) is 44.6 Å². The number of hydrogen-bond acceptors (Lipinski definition) is 2. The van der Waals surface area contributed by atoms with Gasteiger partial charge in [-0.2, -0.15) is 0 Å². The van der Waals surface area contributed by atoms with Gasteiger partial charge in [0.25, 0.3) is 0 Å². The number of halogens is 2. The first-order chi connectivity index (χ1) is 8.22. The van der Waals surface area contributed by atoms with Gasteiger partial charge in [-0.25, -0.2) is 9.97 Å². The van der Waals surface area contributed by atoms with Crippen molar-refractivity contribution in [1.29, 1.82) is 0 Å². The molecule has 0 spiro atoms. The minimum Gasteiger partial charge on any atom is -0.337 e. The highest BCUT2D eigenvalue weighted by molar-refractivity contribution is 14.1. The normalized spacial score (nSPS) is 10.9. The molecule has 0 bridgehead atoms. The van der Waals surface area contributed by atoms with E-state index in [4.69, 9.17) is 0 Å². The van der Waals surface area contributed by atoms with Crippen LogP contribution in [-0.4, -0.2) is 15.0 Å². The highest BCUT2D eigenvalue weighted by atomic mass is 127. The molecule has 5 heteroatoms. The second kappa shape index (κ2) is 4.38. The smallest absolute Gasteiger partial charge is 0.178 e. The third kappa shape index (κ3) is 2.21. The van der Waals surface area contributed by atoms with Gasteiger partial charge in [-0.1, -0.05) is 12.1 Å². The third-order valence-electron chi connectivity index (χ3n) is 2.42. The van der Waals surface area contributed by atoms with Crippen LogP contribution in [0.1, 0.15) is 0 Å². The molecule has 84 valence electrons. The zero-order valence-corrected chi connectivity index (χ0v) is 12.4. The molecule has 1 N–H and O–H groups in total. The van der Waals surface area contributed by atoms with Gasteiger partial charge in [0, 0.05) is 19.8 Å². The van der Waals surface area contributed by atoms with Gasteiger partial charge in [0.2, 0.25) is 0 Å². The maximum Gasteiger partial charge on any atom is 0.178 e. The van der Waals surface area contributed by atoms with Crippen LogP contribution in [0.15, 0.2) is 41.0 Å². The monoisotopic (exact) mass is 399 g/mol. The summed E-state index contributed by atoms with van der Waals surface area (Å²) in [6, 6.07) is 10.2. The van der Waals surface area contributed by atoms with E-state index in [1.54, 1.807) is 6.20 Å². The molecular weight excluding hydrogens is 393 g/mol. The molecule has 2 heterocycles. The fourth-order valence-corrected chi connectivity index (χ4v) is 2.31. The molecule has 1 aromatic carbocycles. The van der Waals surface area contributed by atoms with Crippen molar-refractivity contribution >= 4 is 49.7 Å². The minimum absolute atomic E-state index is 0.738. The van der Waals surface area contributed by atoms with Gasteiger partial charge >= 0.3 is 0 Å². The van der Waals surface area contributed by atoms with Crippen molar-refractivity contribution in [2.24, 2.45) is 0 Å². The molecule has 0 saturated carbocycles. The van der Waals surface area contributed by atoms with Crippen LogP contribution in [0.3, 0.4) is 0 Å². The first-order valence-corrected chi connectivity index (χ1v) is 6.87. The predicted octanol–water partition coefficient (Wildman–Crippen LogP) is 3.99. The maximum atomic E-state index is 4.46. The number of H-pyrrole nitrogens is 1. The van der Waals surface area contributed by atoms with Crippen LogP contribution in [0.25, 0.3) is 22.6 Å². The summed E-state index contributed by atoms with van der Waals surface area (Å²) in [6.45, 7) is 0. The van der Waals surface area contributed by atoms with Crippen molar-refractivity contribution in [3.8, 4) is 11.4 Å². The number of benzene rings is 1. The summed E-state index contributed by atoms with van der Waals surface area (Å²) in [7, 11) is 0. The summed E-state index contributed by atoms with van der Waals surface area (Å²) < 4.78 is 2.16. The van der Waals surface area contributed by atoms with Crippen LogP contribution >= 0.6 is 38.5 Å². The molecular formula is C12H7BrIN3. The average molecular weight is 400 g/mol. The van der Waals surface area contributed by atoms with E-state index in [1.807, 2.05) is 6.07 Å². The number of fused-ring (bicyclic) bond motifs is 1. The van der Waals surface area contributed by atoms with E-state index in [-0.39, 0.29) is 0 Å². The fraction of sp³-hybridized carbons (Fsp3) is 0. The molecule has 3 rings (SSSR count). The van der Waals surface area contributed by atoms with Crippen LogP contribution in [0.2, 0.25) is 0 Å². The SMILES string of the molecule is Brc1cnc2nc(-c3ccc(I)cc3)[nH]c2c1. The fourth-order valence-electron chi connectivity index (χ4n) is 1.62. The zero-order valence-electron chi connectivity index (χ0n) is 8.61. The summed E-state index contributed by atoms with van der Waals surface area (Å²) >= 11 is 5.68. The van der Waals surface area contributed by atoms with Gasteiger partial charge in [0.1, 0.15) is 5.82 Å². The number of aromatic amines is 1. The molecule has 2 aromatic heterocycles. The van der Waals surface area contributed by atoms with Crippen LogP contribution < -0.4 is 0 Å². The van der Waals surface area contributed by atoms with Gasteiger partial charge in [-0.05, 0) is 56.7 Å². The molecule has 0 aliphatic carbocycles. The lowest BCUT2D eigenvalue weighted by atomic mass is 10.2. The van der Waals surface area contributed by atoms with Crippen molar-refractivity contribution in [1.82, 2.24) is 15.0 Å². The number of pyridine rings is 1. The second-order valence-electron chi connectivity index (χ2n) is 3.62. The second-order valence-corrected chi connectivity index (χ2v) is 5.78. The first-order valence-electron chi connectivity index (χ1n) is 4.99. The highest BCUT2D eigenvalue weighted by Crippen LogP contribution is 2.22. The predicted molar refractivity (Wildman–Crippen MR) is 79.7 cm³/mol. The maximum absolute atomic E-state index is 4.46. The number of hydrogen-bond donors (Lipinski definition) is 1. The summed E-state index contributed by atoms with van der Waals surface area (Å²) in [6.07, 6.45) is 1.75. The van der Waals surface area contributed by atoms with Gasteiger partial charge in [-0.15, -0.1) is 0 Å². The van der Waals surface area contributed by atoms with E-state index in [9.17, 15) is 0 Å². The van der Waals surface area contributed by atoms with Gasteiger partial charge in [0.05, 0.1) is 5.52 Å². The molecule has 0 radical (unpaired) electrons. The Bertz CT molecular complexity index is 676. The topological polar surface area (TPSA) is 41.6 Å². The Morgan fingerprint density at radius 3 is 2.71 bits per heavy atom. The Labute approximate surface area is 120 Å². The van der Waals surface area contributed by atoms with Crippen molar-refractivity contribution in [2.75, 3.05) is 0 Å². The Morgan fingerprint density at radius 2 is 1.94 bits per heavy atom. The molecule has 0 aliphatic heterocycles. The van der Waals surface area contributed by atoms with Crippen molar-refractivity contribution in [3.63, 3.8) is 0 Å². The minimum atomic E-state index is 0.738. The standard InChI is InChI=1S/C12H7BrIN3/c13-8-5-10-12(15-6-8)17-11(16-10)7-1-3-9(14)4-2-7/h1-6H,(H,15,16,17). The Morgan fingerprint density at radius 1 is 1.18 bits per heavy atom. The quantitative estimate of drug-likeness (QED) is 0.628. The van der Waals surface area contributed by atoms with Crippen LogP contribution in [0.4, 0.5) is 0 Å². The lowest BCUT2D eigenvalue weighted by Crippen LogP contribution is -1.80. The lowest BCUT2D eigenvalue weighted by Gasteiger charge is -1.95. The lowest BCUT2D eigenvalue weighted by molar-refractivity contribution is 1.30. The molecule has 17 heavy (non-hydrogen) atoms. The van der Waals surface area contributed by atoms with Crippen LogP contribution in [0, 0.1) is 3.57 Å². The van der Waals surface area contributed by atoms with Crippen LogP contribution in [0.5, 0.6) is 0 Å². The van der Waals surface area contributed by atoms with E-state index in [0.29, 0.717) is 0 Å². The molecule has 0 aliphatic rings. The number of aromatic nitrogens is 3. The van der Waals surface area contributed by atoms with Crippen molar-refractivity contribution in [2.45, 2.75) is 0 Å². The Kier molecular flexibility index (Phi) is 2.87. The number of imidazole rings is 1. The number of rotatable bonds is 1. The molecule has 3 nitrogen and oxygen atoms in total. The van der Waals surface area contributed by atoms with E-state index in [2.05, 4.69) is 77.7 Å². The van der Waals surface area contributed by atoms with E-state index in [0.717, 1.165) is 27.0 Å². The van der Waals surface area contributed by atoms with Gasteiger partial charge in [0.15, 0.2) is 5.65 Å². The van der Waals surface area contributed by atoms with E-state index >= 15 is 0 Å². The Hall–Kier alpha value is -0.950. The molecule has 0 saturated heterocycles. The molecule has 0 atom stereocenters. The Balaban J connectivity index is 2.14. The average Bonchev–Trinajstić information content (AvgIpc) is 2.72. The summed E-state index contributed by atoms with van der Waals surface area (Å²) in [5.74, 6) is 0.849. The molecule has 3 aromatic rings. The molecule has 0 fully saturated rings. The third-order valence-corrected chi connectivity index (χ3v) is 3.57. The van der Waals surface area contributed by atoms with Gasteiger partial charge in [-0.3, -0.25) is 0 Å². The number of nitrogens with zero attached hydrogens (tertiary/aromatic N) is 2. The van der Waals surface area contributed by atoms with Crippen molar-refractivity contribution < 1.29 is 0 Å². The highest BCUT2D eigenvalue weighted by Gasteiger charge is 2.06. The summed E-state index contributed by atoms with van der Waals surface area (Å²) in [5.41, 5.74) is 2.74. The zero-order chi connectivity index (χ0) is 11.8. The van der Waals surface area contributed by atoms with E-state index < -0.39 is 0 Å². The van der Waals surface area contributed by atoms with Gasteiger partial charge < -0.3 is 4.98 Å². The first kappa shape index (κ1) is 11.2. The molecule has 0 unspecified atom stereocenters. The summed E-state index contributed by atoms with van der Waals surface area (Å²) in [5, 5.41) is 0.